The highest BCUT2D eigenvalue weighted by atomic mass is 32.2. The number of rotatable bonds is 6. The summed E-state index contributed by atoms with van der Waals surface area (Å²) in [6, 6.07) is 11.6. The van der Waals surface area contributed by atoms with Crippen molar-refractivity contribution in [2.75, 3.05) is 12.5 Å². The van der Waals surface area contributed by atoms with Crippen LogP contribution in [0.25, 0.3) is 0 Å². The fraction of sp³-hybridized carbons (Fsp3) is 0.133. The monoisotopic (exact) mass is 313 g/mol. The van der Waals surface area contributed by atoms with Gasteiger partial charge in [0.1, 0.15) is 10.8 Å². The van der Waals surface area contributed by atoms with Crippen LogP contribution in [0.15, 0.2) is 60.0 Å². The number of methoxy groups -OCH3 is 1. The lowest BCUT2D eigenvalue weighted by Crippen LogP contribution is -2.09. The molecule has 0 fully saturated rings. The number of aromatic nitrogens is 4. The van der Waals surface area contributed by atoms with E-state index in [1.807, 2.05) is 42.6 Å². The maximum absolute atomic E-state index is 5.13. The number of anilines is 1. The predicted molar refractivity (Wildman–Crippen MR) is 85.8 cm³/mol. The molecule has 0 aliphatic heterocycles. The van der Waals surface area contributed by atoms with Crippen molar-refractivity contribution in [1.29, 1.82) is 0 Å². The third kappa shape index (κ3) is 3.76. The fourth-order valence-corrected chi connectivity index (χ4v) is 2.58. The highest BCUT2D eigenvalue weighted by Gasteiger charge is 2.03. The van der Waals surface area contributed by atoms with E-state index in [1.165, 1.54) is 5.56 Å². The fourth-order valence-electron chi connectivity index (χ4n) is 1.80. The van der Waals surface area contributed by atoms with E-state index in [-0.39, 0.29) is 0 Å². The molecule has 3 aromatic rings. The number of nitrogens with one attached hydrogen (secondary N) is 1. The number of benzene rings is 1. The number of ether oxygens (including phenoxy) is 1. The van der Waals surface area contributed by atoms with Crippen molar-refractivity contribution in [3.63, 3.8) is 0 Å². The van der Waals surface area contributed by atoms with Crippen LogP contribution in [0.3, 0.4) is 0 Å². The van der Waals surface area contributed by atoms with Crippen LogP contribution in [0.4, 0.5) is 5.69 Å². The van der Waals surface area contributed by atoms with Crippen LogP contribution >= 0.6 is 11.8 Å². The zero-order valence-electron chi connectivity index (χ0n) is 12.0. The molecule has 0 unspecified atom stereocenters. The maximum atomic E-state index is 5.13. The van der Waals surface area contributed by atoms with Crippen LogP contribution in [0.2, 0.25) is 0 Å². The number of hydrogen-bond acceptors (Lipinski definition) is 6. The van der Waals surface area contributed by atoms with Crippen LogP contribution in [0, 0.1) is 0 Å². The zero-order valence-corrected chi connectivity index (χ0v) is 12.8. The first-order chi connectivity index (χ1) is 10.8. The topological polar surface area (TPSA) is 64.9 Å². The van der Waals surface area contributed by atoms with Crippen LogP contribution in [-0.2, 0) is 5.75 Å². The van der Waals surface area contributed by atoms with Gasteiger partial charge in [0.25, 0.3) is 0 Å². The Kier molecular flexibility index (Phi) is 4.55. The summed E-state index contributed by atoms with van der Waals surface area (Å²) in [5.74, 6) is 1.65. The summed E-state index contributed by atoms with van der Waals surface area (Å²) in [6.45, 7) is 0. The Morgan fingerprint density at radius 1 is 1.14 bits per heavy atom. The Hall–Kier alpha value is -2.54. The molecule has 0 saturated carbocycles. The first kappa shape index (κ1) is 14.4. The average Bonchev–Trinajstić information content (AvgIpc) is 3.02. The van der Waals surface area contributed by atoms with Crippen molar-refractivity contribution in [1.82, 2.24) is 20.1 Å². The van der Waals surface area contributed by atoms with Gasteiger partial charge in [0, 0.05) is 18.1 Å². The molecule has 0 radical (unpaired) electrons. The smallest absolute Gasteiger partial charge is 0.141 e. The van der Waals surface area contributed by atoms with Crippen molar-refractivity contribution in [3.8, 4) is 5.75 Å². The standard InChI is InChI=1S/C15H15N5OS/c1-21-14-4-2-13(3-5-14)18-20-10-15(17-19-20)22-11-12-6-8-16-9-7-12/h2-10,18H,11H2,1H3. The molecule has 22 heavy (non-hydrogen) atoms. The molecule has 0 saturated heterocycles. The first-order valence-electron chi connectivity index (χ1n) is 6.68. The van der Waals surface area contributed by atoms with E-state index < -0.39 is 0 Å². The molecule has 0 spiro atoms. The minimum absolute atomic E-state index is 0.817. The highest BCUT2D eigenvalue weighted by molar-refractivity contribution is 7.98. The predicted octanol–water partition coefficient (Wildman–Crippen LogP) is 2.85. The lowest BCUT2D eigenvalue weighted by atomic mass is 10.3. The number of hydrogen-bond donors (Lipinski definition) is 1. The largest absolute Gasteiger partial charge is 0.497 e. The average molecular weight is 313 g/mol. The highest BCUT2D eigenvalue weighted by Crippen LogP contribution is 2.20. The molecule has 2 aromatic heterocycles. The third-order valence-electron chi connectivity index (χ3n) is 2.94. The van der Waals surface area contributed by atoms with Crippen LogP contribution in [0.5, 0.6) is 5.75 Å². The number of nitrogens with zero attached hydrogens (tertiary/aromatic N) is 4. The molecule has 0 aliphatic carbocycles. The first-order valence-corrected chi connectivity index (χ1v) is 7.67. The van der Waals surface area contributed by atoms with Gasteiger partial charge in [-0.25, -0.2) is 0 Å². The van der Waals surface area contributed by atoms with E-state index in [1.54, 1.807) is 36.1 Å². The van der Waals surface area contributed by atoms with Gasteiger partial charge in [-0.05, 0) is 47.2 Å². The minimum atomic E-state index is 0.817. The van der Waals surface area contributed by atoms with E-state index in [4.69, 9.17) is 4.74 Å². The van der Waals surface area contributed by atoms with E-state index in [0.29, 0.717) is 0 Å². The van der Waals surface area contributed by atoms with Crippen LogP contribution in [0.1, 0.15) is 5.56 Å². The van der Waals surface area contributed by atoms with E-state index in [0.717, 1.165) is 22.2 Å². The summed E-state index contributed by atoms with van der Waals surface area (Å²) in [5.41, 5.74) is 5.26. The molecule has 7 heteroatoms. The molecular weight excluding hydrogens is 298 g/mol. The molecule has 0 bridgehead atoms. The van der Waals surface area contributed by atoms with Crippen molar-refractivity contribution < 1.29 is 4.74 Å². The lowest BCUT2D eigenvalue weighted by Gasteiger charge is -2.05. The number of pyridine rings is 1. The molecule has 1 N–H and O–H groups in total. The Morgan fingerprint density at radius 2 is 1.91 bits per heavy atom. The summed E-state index contributed by atoms with van der Waals surface area (Å²) in [5, 5.41) is 9.05. The summed E-state index contributed by atoms with van der Waals surface area (Å²) in [4.78, 5) is 5.60. The Bertz CT molecular complexity index is 714. The van der Waals surface area contributed by atoms with Crippen LogP contribution < -0.4 is 10.2 Å². The van der Waals surface area contributed by atoms with Crippen LogP contribution in [-0.4, -0.2) is 27.2 Å². The molecule has 3 rings (SSSR count). The molecule has 0 amide bonds. The van der Waals surface area contributed by atoms with Crippen molar-refractivity contribution in [2.24, 2.45) is 0 Å². The second-order valence-corrected chi connectivity index (χ2v) is 5.48. The Morgan fingerprint density at radius 3 is 2.64 bits per heavy atom. The Labute approximate surface area is 132 Å². The van der Waals surface area contributed by atoms with E-state index in [2.05, 4.69) is 20.7 Å². The van der Waals surface area contributed by atoms with E-state index >= 15 is 0 Å². The molecule has 0 atom stereocenters. The SMILES string of the molecule is COc1ccc(Nn2cc(SCc3ccncc3)nn2)cc1. The third-order valence-corrected chi connectivity index (χ3v) is 3.90. The molecule has 0 aliphatic rings. The van der Waals surface area contributed by atoms with Gasteiger partial charge in [0.05, 0.1) is 19.0 Å². The molecule has 1 aromatic carbocycles. The quantitative estimate of drug-likeness (QED) is 0.706. The second kappa shape index (κ2) is 6.95. The van der Waals surface area contributed by atoms with Gasteiger partial charge in [0.15, 0.2) is 0 Å². The zero-order chi connectivity index (χ0) is 15.2. The van der Waals surface area contributed by atoms with Gasteiger partial charge in [-0.1, -0.05) is 11.8 Å². The van der Waals surface area contributed by atoms with E-state index in [9.17, 15) is 0 Å². The summed E-state index contributed by atoms with van der Waals surface area (Å²) in [6.07, 6.45) is 5.44. The van der Waals surface area contributed by atoms with Gasteiger partial charge >= 0.3 is 0 Å². The van der Waals surface area contributed by atoms with Gasteiger partial charge in [-0.15, -0.1) is 5.10 Å². The van der Waals surface area contributed by atoms with Crippen molar-refractivity contribution in [2.45, 2.75) is 10.8 Å². The lowest BCUT2D eigenvalue weighted by molar-refractivity contribution is 0.415. The molecule has 112 valence electrons. The van der Waals surface area contributed by atoms with Crippen molar-refractivity contribution in [3.05, 3.63) is 60.6 Å². The maximum Gasteiger partial charge on any atom is 0.141 e. The summed E-state index contributed by atoms with van der Waals surface area (Å²) in [7, 11) is 1.64. The normalized spacial score (nSPS) is 10.4. The molecule has 2 heterocycles. The number of thioether (sulfide) groups is 1. The minimum Gasteiger partial charge on any atom is -0.497 e. The molecular formula is C15H15N5OS. The molecule has 6 nitrogen and oxygen atoms in total. The van der Waals surface area contributed by atoms with Crippen molar-refractivity contribution >= 4 is 17.4 Å². The Balaban J connectivity index is 1.58. The van der Waals surface area contributed by atoms with Gasteiger partial charge in [0.2, 0.25) is 0 Å². The van der Waals surface area contributed by atoms with Gasteiger partial charge < -0.3 is 4.74 Å². The van der Waals surface area contributed by atoms with Gasteiger partial charge in [-0.2, -0.15) is 4.79 Å². The summed E-state index contributed by atoms with van der Waals surface area (Å²) >= 11 is 1.63. The summed E-state index contributed by atoms with van der Waals surface area (Å²) < 4.78 is 5.13. The van der Waals surface area contributed by atoms with Gasteiger partial charge in [-0.3, -0.25) is 10.4 Å². The second-order valence-electron chi connectivity index (χ2n) is 4.49.